The molecule has 0 bridgehead atoms. The number of hydrogen-bond donors (Lipinski definition) is 3. The third kappa shape index (κ3) is 7.79. The van der Waals surface area contributed by atoms with Crippen molar-refractivity contribution < 1.29 is 14.3 Å². The standard InChI is InChI=1S/C13H25N3O3/c1-10(2)7-15-12(17)8-14-9-13(18)16-11-3-5-19-6-4-11/h10-11,14H,3-9H2,1-2H3,(H,15,17)(H,16,18). The first-order valence-corrected chi connectivity index (χ1v) is 6.92. The van der Waals surface area contributed by atoms with Crippen molar-refractivity contribution in [3.63, 3.8) is 0 Å². The lowest BCUT2D eigenvalue weighted by Crippen LogP contribution is -2.45. The van der Waals surface area contributed by atoms with Gasteiger partial charge < -0.3 is 15.4 Å². The summed E-state index contributed by atoms with van der Waals surface area (Å²) in [5.74, 6) is 0.289. The number of carbonyl (C=O) groups excluding carboxylic acids is 2. The number of amides is 2. The van der Waals surface area contributed by atoms with Gasteiger partial charge in [0.05, 0.1) is 13.1 Å². The average Bonchev–Trinajstić information content (AvgIpc) is 2.37. The van der Waals surface area contributed by atoms with E-state index in [1.54, 1.807) is 0 Å². The Morgan fingerprint density at radius 3 is 2.42 bits per heavy atom. The summed E-state index contributed by atoms with van der Waals surface area (Å²) in [6.07, 6.45) is 1.72. The van der Waals surface area contributed by atoms with Crippen molar-refractivity contribution in [2.75, 3.05) is 32.8 Å². The molecule has 0 saturated carbocycles. The fourth-order valence-corrected chi connectivity index (χ4v) is 1.79. The molecule has 1 saturated heterocycles. The van der Waals surface area contributed by atoms with Gasteiger partial charge in [-0.25, -0.2) is 0 Å². The summed E-state index contributed by atoms with van der Waals surface area (Å²) in [5, 5.41) is 8.56. The van der Waals surface area contributed by atoms with Crippen molar-refractivity contribution in [3.8, 4) is 0 Å². The zero-order chi connectivity index (χ0) is 14.1. The van der Waals surface area contributed by atoms with Crippen LogP contribution >= 0.6 is 0 Å². The van der Waals surface area contributed by atoms with E-state index in [0.29, 0.717) is 25.7 Å². The molecule has 0 unspecified atom stereocenters. The highest BCUT2D eigenvalue weighted by atomic mass is 16.5. The molecule has 0 aromatic rings. The van der Waals surface area contributed by atoms with Crippen LogP contribution in [0.4, 0.5) is 0 Å². The molecule has 0 atom stereocenters. The molecule has 0 aromatic carbocycles. The van der Waals surface area contributed by atoms with Crippen molar-refractivity contribution in [2.24, 2.45) is 5.92 Å². The maximum Gasteiger partial charge on any atom is 0.234 e. The van der Waals surface area contributed by atoms with Gasteiger partial charge in [0.1, 0.15) is 0 Å². The maximum atomic E-state index is 11.6. The van der Waals surface area contributed by atoms with Gasteiger partial charge in [-0.15, -0.1) is 0 Å². The van der Waals surface area contributed by atoms with Crippen molar-refractivity contribution >= 4 is 11.8 Å². The Balaban J connectivity index is 2.04. The molecule has 1 aliphatic heterocycles. The van der Waals surface area contributed by atoms with Crippen LogP contribution in [0.3, 0.4) is 0 Å². The molecular weight excluding hydrogens is 246 g/mol. The summed E-state index contributed by atoms with van der Waals surface area (Å²) in [4.78, 5) is 23.0. The minimum atomic E-state index is -0.0763. The summed E-state index contributed by atoms with van der Waals surface area (Å²) < 4.78 is 5.22. The lowest BCUT2D eigenvalue weighted by Gasteiger charge is -2.23. The van der Waals surface area contributed by atoms with Crippen LogP contribution < -0.4 is 16.0 Å². The van der Waals surface area contributed by atoms with E-state index < -0.39 is 0 Å². The highest BCUT2D eigenvalue weighted by Crippen LogP contribution is 2.05. The normalized spacial score (nSPS) is 16.4. The van der Waals surface area contributed by atoms with Crippen LogP contribution in [0.2, 0.25) is 0 Å². The zero-order valence-electron chi connectivity index (χ0n) is 11.8. The molecule has 0 radical (unpaired) electrons. The Kier molecular flexibility index (Phi) is 7.43. The lowest BCUT2D eigenvalue weighted by molar-refractivity contribution is -0.122. The number of rotatable bonds is 7. The molecule has 1 aliphatic rings. The molecule has 3 N–H and O–H groups in total. The van der Waals surface area contributed by atoms with Gasteiger partial charge >= 0.3 is 0 Å². The van der Waals surface area contributed by atoms with E-state index in [-0.39, 0.29) is 30.9 Å². The first-order valence-electron chi connectivity index (χ1n) is 6.92. The molecule has 0 aliphatic carbocycles. The van der Waals surface area contributed by atoms with Crippen LogP contribution in [0.1, 0.15) is 26.7 Å². The van der Waals surface area contributed by atoms with Crippen LogP contribution in [0, 0.1) is 5.92 Å². The van der Waals surface area contributed by atoms with Crippen LogP contribution in [-0.4, -0.2) is 50.7 Å². The lowest BCUT2D eigenvalue weighted by atomic mass is 10.1. The molecule has 2 amide bonds. The van der Waals surface area contributed by atoms with Gasteiger partial charge in [0, 0.05) is 25.8 Å². The van der Waals surface area contributed by atoms with Crippen LogP contribution in [0.15, 0.2) is 0 Å². The van der Waals surface area contributed by atoms with Gasteiger partial charge in [0.15, 0.2) is 0 Å². The van der Waals surface area contributed by atoms with Crippen molar-refractivity contribution in [2.45, 2.75) is 32.7 Å². The first kappa shape index (κ1) is 15.9. The fourth-order valence-electron chi connectivity index (χ4n) is 1.79. The minimum Gasteiger partial charge on any atom is -0.381 e. The number of carbonyl (C=O) groups is 2. The second-order valence-corrected chi connectivity index (χ2v) is 5.26. The minimum absolute atomic E-state index is 0.0661. The predicted octanol–water partition coefficient (Wildman–Crippen LogP) is -0.357. The average molecular weight is 271 g/mol. The SMILES string of the molecule is CC(C)CNC(=O)CNCC(=O)NC1CCOCC1. The van der Waals surface area contributed by atoms with E-state index >= 15 is 0 Å². The fraction of sp³-hybridized carbons (Fsp3) is 0.846. The predicted molar refractivity (Wildman–Crippen MR) is 72.7 cm³/mol. The molecule has 19 heavy (non-hydrogen) atoms. The molecule has 1 rings (SSSR count). The van der Waals surface area contributed by atoms with Gasteiger partial charge in [-0.05, 0) is 18.8 Å². The highest BCUT2D eigenvalue weighted by molar-refractivity contribution is 5.81. The zero-order valence-corrected chi connectivity index (χ0v) is 11.8. The smallest absolute Gasteiger partial charge is 0.234 e. The molecule has 6 heteroatoms. The summed E-state index contributed by atoms with van der Waals surface area (Å²) in [7, 11) is 0. The van der Waals surface area contributed by atoms with E-state index in [2.05, 4.69) is 16.0 Å². The quantitative estimate of drug-likeness (QED) is 0.591. The topological polar surface area (TPSA) is 79.5 Å². The molecule has 1 fully saturated rings. The van der Waals surface area contributed by atoms with E-state index in [1.165, 1.54) is 0 Å². The third-order valence-electron chi connectivity index (χ3n) is 2.87. The Bertz CT molecular complexity index is 289. The largest absolute Gasteiger partial charge is 0.381 e. The first-order chi connectivity index (χ1) is 9.08. The van der Waals surface area contributed by atoms with Crippen LogP contribution in [0.25, 0.3) is 0 Å². The second kappa shape index (κ2) is 8.87. The Morgan fingerprint density at radius 1 is 1.16 bits per heavy atom. The summed E-state index contributed by atoms with van der Waals surface area (Å²) in [6.45, 7) is 6.49. The molecule has 1 heterocycles. The number of nitrogens with one attached hydrogen (secondary N) is 3. The van der Waals surface area contributed by atoms with Gasteiger partial charge in [0.2, 0.25) is 11.8 Å². The molecule has 110 valence electrons. The van der Waals surface area contributed by atoms with Crippen LogP contribution in [-0.2, 0) is 14.3 Å². The van der Waals surface area contributed by atoms with E-state index in [0.717, 1.165) is 12.8 Å². The van der Waals surface area contributed by atoms with Gasteiger partial charge in [0.25, 0.3) is 0 Å². The number of ether oxygens (including phenoxy) is 1. The summed E-state index contributed by atoms with van der Waals surface area (Å²) in [6, 6.07) is 0.206. The molecule has 0 aromatic heterocycles. The van der Waals surface area contributed by atoms with Gasteiger partial charge in [-0.3, -0.25) is 14.9 Å². The summed E-state index contributed by atoms with van der Waals surface area (Å²) >= 11 is 0. The van der Waals surface area contributed by atoms with E-state index in [4.69, 9.17) is 4.74 Å². The Morgan fingerprint density at radius 2 is 1.79 bits per heavy atom. The van der Waals surface area contributed by atoms with Crippen molar-refractivity contribution in [3.05, 3.63) is 0 Å². The monoisotopic (exact) mass is 271 g/mol. The van der Waals surface area contributed by atoms with Crippen molar-refractivity contribution in [1.29, 1.82) is 0 Å². The maximum absolute atomic E-state index is 11.6. The van der Waals surface area contributed by atoms with Crippen molar-refractivity contribution in [1.82, 2.24) is 16.0 Å². The van der Waals surface area contributed by atoms with Gasteiger partial charge in [-0.2, -0.15) is 0 Å². The van der Waals surface area contributed by atoms with E-state index in [1.807, 2.05) is 13.8 Å². The molecular formula is C13H25N3O3. The summed E-state index contributed by atoms with van der Waals surface area (Å²) in [5.41, 5.74) is 0. The Hall–Kier alpha value is -1.14. The van der Waals surface area contributed by atoms with Gasteiger partial charge in [-0.1, -0.05) is 13.8 Å². The second-order valence-electron chi connectivity index (χ2n) is 5.26. The van der Waals surface area contributed by atoms with Crippen LogP contribution in [0.5, 0.6) is 0 Å². The number of hydrogen-bond acceptors (Lipinski definition) is 4. The Labute approximate surface area is 114 Å². The third-order valence-corrected chi connectivity index (χ3v) is 2.87. The van der Waals surface area contributed by atoms with E-state index in [9.17, 15) is 9.59 Å². The molecule has 6 nitrogen and oxygen atoms in total. The molecule has 0 spiro atoms. The highest BCUT2D eigenvalue weighted by Gasteiger charge is 2.15.